The number of carbonyl (C=O) groups is 1. The van der Waals surface area contributed by atoms with E-state index >= 15 is 0 Å². The number of nitrogens with one attached hydrogen (secondary N) is 2. The van der Waals surface area contributed by atoms with Crippen LogP contribution < -0.4 is 10.0 Å². The fourth-order valence-corrected chi connectivity index (χ4v) is 3.91. The third-order valence-electron chi connectivity index (χ3n) is 4.76. The molecule has 3 aromatic rings. The predicted octanol–water partition coefficient (Wildman–Crippen LogP) is 6.16. The number of anilines is 2. The first-order valence-corrected chi connectivity index (χ1v) is 11.5. The highest BCUT2D eigenvalue weighted by Crippen LogP contribution is 2.32. The average Bonchev–Trinajstić information content (AvgIpc) is 2.74. The molecule has 0 aliphatic rings. The first-order chi connectivity index (χ1) is 15.3. The van der Waals surface area contributed by atoms with Gasteiger partial charge in [0.2, 0.25) is 5.91 Å². The number of halogens is 3. The number of hydrogen-bond acceptors (Lipinski definition) is 3. The van der Waals surface area contributed by atoms with Crippen molar-refractivity contribution in [1.82, 2.24) is 0 Å². The Morgan fingerprint density at radius 2 is 1.36 bits per heavy atom. The van der Waals surface area contributed by atoms with Gasteiger partial charge in [-0.15, -0.1) is 0 Å². The van der Waals surface area contributed by atoms with Crippen LogP contribution in [0.15, 0.2) is 77.7 Å². The van der Waals surface area contributed by atoms with Crippen molar-refractivity contribution in [1.29, 1.82) is 0 Å². The van der Waals surface area contributed by atoms with Gasteiger partial charge in [0.25, 0.3) is 10.0 Å². The molecule has 0 unspecified atom stereocenters. The number of rotatable bonds is 5. The lowest BCUT2D eigenvalue weighted by molar-refractivity contribution is -0.137. The van der Waals surface area contributed by atoms with E-state index in [1.165, 1.54) is 48.5 Å². The Balaban J connectivity index is 1.74. The van der Waals surface area contributed by atoms with Gasteiger partial charge in [0.05, 0.1) is 10.5 Å². The van der Waals surface area contributed by atoms with Gasteiger partial charge in [-0.05, 0) is 59.7 Å². The zero-order chi connectivity index (χ0) is 24.4. The number of sulfonamides is 1. The van der Waals surface area contributed by atoms with Gasteiger partial charge in [0.15, 0.2) is 0 Å². The second-order valence-corrected chi connectivity index (χ2v) is 10.2. The second kappa shape index (κ2) is 8.90. The number of amides is 1. The van der Waals surface area contributed by atoms with E-state index in [0.717, 1.165) is 12.1 Å². The van der Waals surface area contributed by atoms with E-state index in [9.17, 15) is 26.4 Å². The Labute approximate surface area is 190 Å². The summed E-state index contributed by atoms with van der Waals surface area (Å²) in [5.41, 5.74) is 0.267. The van der Waals surface area contributed by atoms with Crippen LogP contribution in [0.5, 0.6) is 0 Å². The van der Waals surface area contributed by atoms with E-state index in [2.05, 4.69) is 10.0 Å². The minimum absolute atomic E-state index is 0.0386. The lowest BCUT2D eigenvalue weighted by atomic mass is 9.95. The summed E-state index contributed by atoms with van der Waals surface area (Å²) in [5.74, 6) is -0.170. The lowest BCUT2D eigenvalue weighted by Crippen LogP contribution is -2.27. The summed E-state index contributed by atoms with van der Waals surface area (Å²) in [6.45, 7) is 5.34. The minimum atomic E-state index is -4.46. The highest BCUT2D eigenvalue weighted by atomic mass is 32.2. The average molecular weight is 477 g/mol. The summed E-state index contributed by atoms with van der Waals surface area (Å²) >= 11 is 0. The Morgan fingerprint density at radius 1 is 0.788 bits per heavy atom. The van der Waals surface area contributed by atoms with Crippen LogP contribution >= 0.6 is 0 Å². The highest BCUT2D eigenvalue weighted by molar-refractivity contribution is 7.92. The fourth-order valence-electron chi connectivity index (χ4n) is 2.86. The molecule has 174 valence electrons. The SMILES string of the molecule is CC(C)(C)C(=O)Nc1ccc(NS(=O)(=O)c2ccc(-c3cccc(C(F)(F)F)c3)cc2)cc1. The molecule has 0 aromatic heterocycles. The molecule has 0 radical (unpaired) electrons. The predicted molar refractivity (Wildman–Crippen MR) is 122 cm³/mol. The number of alkyl halides is 3. The van der Waals surface area contributed by atoms with Gasteiger partial charge < -0.3 is 5.32 Å². The molecule has 1 amide bonds. The van der Waals surface area contributed by atoms with Crippen molar-refractivity contribution in [2.24, 2.45) is 5.41 Å². The minimum Gasteiger partial charge on any atom is -0.326 e. The van der Waals surface area contributed by atoms with E-state index in [1.54, 1.807) is 32.9 Å². The van der Waals surface area contributed by atoms with Gasteiger partial charge in [0, 0.05) is 16.8 Å². The zero-order valence-electron chi connectivity index (χ0n) is 18.2. The molecule has 0 aliphatic carbocycles. The maximum absolute atomic E-state index is 12.9. The second-order valence-electron chi connectivity index (χ2n) is 8.49. The van der Waals surface area contributed by atoms with E-state index in [-0.39, 0.29) is 10.8 Å². The zero-order valence-corrected chi connectivity index (χ0v) is 19.0. The summed E-state index contributed by atoms with van der Waals surface area (Å²) in [6, 6.07) is 16.6. The van der Waals surface area contributed by atoms with Crippen molar-refractivity contribution in [3.63, 3.8) is 0 Å². The molecule has 33 heavy (non-hydrogen) atoms. The largest absolute Gasteiger partial charge is 0.416 e. The Bertz CT molecular complexity index is 1250. The molecule has 0 spiro atoms. The van der Waals surface area contributed by atoms with Crippen LogP contribution in [0.1, 0.15) is 26.3 Å². The molecule has 5 nitrogen and oxygen atoms in total. The van der Waals surface area contributed by atoms with Crippen LogP contribution in [0.2, 0.25) is 0 Å². The molecule has 0 heterocycles. The van der Waals surface area contributed by atoms with Crippen LogP contribution in [-0.2, 0) is 21.0 Å². The van der Waals surface area contributed by atoms with Crippen molar-refractivity contribution in [2.45, 2.75) is 31.8 Å². The van der Waals surface area contributed by atoms with Crippen molar-refractivity contribution >= 4 is 27.3 Å². The van der Waals surface area contributed by atoms with Gasteiger partial charge in [-0.2, -0.15) is 13.2 Å². The molecule has 2 N–H and O–H groups in total. The number of benzene rings is 3. The van der Waals surface area contributed by atoms with Crippen LogP contribution in [-0.4, -0.2) is 14.3 Å². The lowest BCUT2D eigenvalue weighted by Gasteiger charge is -2.17. The molecule has 0 bridgehead atoms. The normalized spacial score (nSPS) is 12.3. The highest BCUT2D eigenvalue weighted by Gasteiger charge is 2.30. The van der Waals surface area contributed by atoms with E-state index in [4.69, 9.17) is 0 Å². The van der Waals surface area contributed by atoms with Crippen LogP contribution in [0.4, 0.5) is 24.5 Å². The van der Waals surface area contributed by atoms with Crippen molar-refractivity contribution in [3.05, 3.63) is 78.4 Å². The summed E-state index contributed by atoms with van der Waals surface area (Å²) < 4.78 is 66.7. The Kier molecular flexibility index (Phi) is 6.56. The molecule has 0 saturated carbocycles. The molecule has 0 fully saturated rings. The molecule has 3 rings (SSSR count). The van der Waals surface area contributed by atoms with E-state index in [0.29, 0.717) is 22.5 Å². The van der Waals surface area contributed by atoms with Gasteiger partial charge in [-0.1, -0.05) is 45.0 Å². The first kappa shape index (κ1) is 24.3. The summed E-state index contributed by atoms with van der Waals surface area (Å²) in [7, 11) is -3.92. The monoisotopic (exact) mass is 476 g/mol. The van der Waals surface area contributed by atoms with Crippen LogP contribution in [0, 0.1) is 5.41 Å². The molecule has 0 atom stereocenters. The molecule has 9 heteroatoms. The van der Waals surface area contributed by atoms with Gasteiger partial charge >= 0.3 is 6.18 Å². The summed E-state index contributed by atoms with van der Waals surface area (Å²) in [6.07, 6.45) is -4.46. The molecule has 0 aliphatic heterocycles. The molecular formula is C24H23F3N2O3S. The summed E-state index contributed by atoms with van der Waals surface area (Å²) in [5, 5.41) is 2.75. The van der Waals surface area contributed by atoms with Crippen molar-refractivity contribution in [3.8, 4) is 11.1 Å². The number of carbonyl (C=O) groups excluding carboxylic acids is 1. The summed E-state index contributed by atoms with van der Waals surface area (Å²) in [4.78, 5) is 12.0. The third-order valence-corrected chi connectivity index (χ3v) is 6.16. The molecule has 3 aromatic carbocycles. The van der Waals surface area contributed by atoms with Gasteiger partial charge in [-0.25, -0.2) is 8.42 Å². The maximum Gasteiger partial charge on any atom is 0.416 e. The van der Waals surface area contributed by atoms with E-state index < -0.39 is 27.2 Å². The molecular weight excluding hydrogens is 453 g/mol. The fraction of sp³-hybridized carbons (Fsp3) is 0.208. The smallest absolute Gasteiger partial charge is 0.326 e. The topological polar surface area (TPSA) is 75.3 Å². The quantitative estimate of drug-likeness (QED) is 0.463. The first-order valence-electron chi connectivity index (χ1n) is 9.98. The van der Waals surface area contributed by atoms with Gasteiger partial charge in [-0.3, -0.25) is 9.52 Å². The van der Waals surface area contributed by atoms with Crippen molar-refractivity contribution in [2.75, 3.05) is 10.0 Å². The molecule has 0 saturated heterocycles. The van der Waals surface area contributed by atoms with Crippen LogP contribution in [0.25, 0.3) is 11.1 Å². The van der Waals surface area contributed by atoms with Crippen LogP contribution in [0.3, 0.4) is 0 Å². The van der Waals surface area contributed by atoms with Gasteiger partial charge in [0.1, 0.15) is 0 Å². The third kappa shape index (κ3) is 6.13. The Hall–Kier alpha value is -3.33. The number of hydrogen-bond donors (Lipinski definition) is 2. The van der Waals surface area contributed by atoms with E-state index in [1.807, 2.05) is 0 Å². The Morgan fingerprint density at radius 3 is 1.91 bits per heavy atom. The van der Waals surface area contributed by atoms with Crippen molar-refractivity contribution < 1.29 is 26.4 Å². The standard InChI is InChI=1S/C24H23F3N2O3S/c1-23(2,3)22(30)28-19-9-11-20(12-10-19)29-33(31,32)21-13-7-16(8-14-21)17-5-4-6-18(15-17)24(25,26)27/h4-15,29H,1-3H3,(H,28,30). The maximum atomic E-state index is 12.9.